The summed E-state index contributed by atoms with van der Waals surface area (Å²) < 4.78 is 42.2. The van der Waals surface area contributed by atoms with Crippen LogP contribution in [0.2, 0.25) is 0 Å². The van der Waals surface area contributed by atoms with Crippen LogP contribution in [0.1, 0.15) is 24.5 Å². The van der Waals surface area contributed by atoms with Crippen molar-refractivity contribution in [1.29, 1.82) is 0 Å². The third kappa shape index (κ3) is 4.36. The fourth-order valence-corrected chi connectivity index (χ4v) is 1.30. The number of aliphatic hydroxyl groups excluding tert-OH is 1. The van der Waals surface area contributed by atoms with Crippen LogP contribution >= 0.6 is 0 Å². The van der Waals surface area contributed by atoms with Crippen molar-refractivity contribution in [1.82, 2.24) is 0 Å². The van der Waals surface area contributed by atoms with E-state index in [0.717, 1.165) is 12.1 Å². The molecule has 0 heterocycles. The molecule has 1 aromatic carbocycles. The lowest BCUT2D eigenvalue weighted by atomic mass is 10.1. The Kier molecular flexibility index (Phi) is 4.96. The lowest BCUT2D eigenvalue weighted by Gasteiger charge is -2.13. The number of halogens is 3. The summed E-state index contributed by atoms with van der Waals surface area (Å²) in [6.45, 7) is 1.99. The molecule has 0 amide bonds. The number of ether oxygens (including phenoxy) is 1. The van der Waals surface area contributed by atoms with Crippen LogP contribution in [-0.4, -0.2) is 17.8 Å². The average molecular weight is 248 g/mol. The third-order valence-corrected chi connectivity index (χ3v) is 2.43. The highest BCUT2D eigenvalue weighted by atomic mass is 19.4. The molecular weight excluding hydrogens is 233 g/mol. The molecule has 0 spiro atoms. The second-order valence-corrected chi connectivity index (χ2v) is 3.72. The number of benzene rings is 1. The van der Waals surface area contributed by atoms with E-state index >= 15 is 0 Å². The molecule has 0 aliphatic rings. The molecule has 0 saturated carbocycles. The van der Waals surface area contributed by atoms with Crippen LogP contribution in [0, 0.1) is 0 Å². The monoisotopic (exact) mass is 248 g/mol. The van der Waals surface area contributed by atoms with Gasteiger partial charge in [0.2, 0.25) is 0 Å². The maximum atomic E-state index is 12.3. The lowest BCUT2D eigenvalue weighted by Crippen LogP contribution is -2.16. The van der Waals surface area contributed by atoms with Gasteiger partial charge in [0.1, 0.15) is 0 Å². The maximum absolute atomic E-state index is 12.3. The van der Waals surface area contributed by atoms with Crippen molar-refractivity contribution in [2.24, 2.45) is 0 Å². The minimum absolute atomic E-state index is 0.0862. The van der Waals surface area contributed by atoms with E-state index in [1.807, 2.05) is 6.92 Å². The summed E-state index contributed by atoms with van der Waals surface area (Å²) in [6.07, 6.45) is -3.91. The van der Waals surface area contributed by atoms with E-state index in [0.29, 0.717) is 12.0 Å². The van der Waals surface area contributed by atoms with E-state index in [9.17, 15) is 13.2 Å². The highest BCUT2D eigenvalue weighted by molar-refractivity contribution is 5.24. The van der Waals surface area contributed by atoms with Crippen LogP contribution < -0.4 is 0 Å². The van der Waals surface area contributed by atoms with Crippen molar-refractivity contribution in [2.75, 3.05) is 6.61 Å². The molecular formula is C12H15F3O2. The van der Waals surface area contributed by atoms with Gasteiger partial charge in [-0.2, -0.15) is 13.2 Å². The van der Waals surface area contributed by atoms with Crippen LogP contribution in [0.3, 0.4) is 0 Å². The van der Waals surface area contributed by atoms with E-state index in [1.54, 1.807) is 0 Å². The molecule has 0 saturated heterocycles. The van der Waals surface area contributed by atoms with E-state index < -0.39 is 11.7 Å². The summed E-state index contributed by atoms with van der Waals surface area (Å²) in [4.78, 5) is 0. The zero-order valence-electron chi connectivity index (χ0n) is 9.50. The summed E-state index contributed by atoms with van der Waals surface area (Å²) in [5.41, 5.74) is -0.0136. The first-order valence-electron chi connectivity index (χ1n) is 5.36. The van der Waals surface area contributed by atoms with Crippen LogP contribution in [0.4, 0.5) is 13.2 Å². The predicted molar refractivity (Wildman–Crippen MR) is 57.4 cm³/mol. The molecule has 17 heavy (non-hydrogen) atoms. The number of aliphatic hydroxyl groups is 1. The molecule has 0 aromatic heterocycles. The highest BCUT2D eigenvalue weighted by Crippen LogP contribution is 2.29. The summed E-state index contributed by atoms with van der Waals surface area (Å²) >= 11 is 0. The smallest absolute Gasteiger partial charge is 0.394 e. The average Bonchev–Trinajstić information content (AvgIpc) is 2.30. The van der Waals surface area contributed by atoms with Crippen molar-refractivity contribution in [2.45, 2.75) is 32.2 Å². The largest absolute Gasteiger partial charge is 0.416 e. The Morgan fingerprint density at radius 1 is 1.24 bits per heavy atom. The molecule has 0 aliphatic carbocycles. The van der Waals surface area contributed by atoms with Gasteiger partial charge in [0.25, 0.3) is 0 Å². The molecule has 1 N–H and O–H groups in total. The van der Waals surface area contributed by atoms with Gasteiger partial charge in [-0.1, -0.05) is 19.1 Å². The lowest BCUT2D eigenvalue weighted by molar-refractivity contribution is -0.137. The van der Waals surface area contributed by atoms with Gasteiger partial charge in [-0.05, 0) is 24.1 Å². The zero-order valence-corrected chi connectivity index (χ0v) is 9.50. The summed E-state index contributed by atoms with van der Waals surface area (Å²) in [7, 11) is 0. The van der Waals surface area contributed by atoms with Crippen molar-refractivity contribution < 1.29 is 23.0 Å². The standard InChI is InChI=1S/C12H15F3O2/c1-2-11(7-16)17-8-9-3-5-10(6-4-9)12(13,14)15/h3-6,11,16H,2,7-8H2,1H3. The van der Waals surface area contributed by atoms with Crippen molar-refractivity contribution in [3.8, 4) is 0 Å². The molecule has 0 fully saturated rings. The van der Waals surface area contributed by atoms with Crippen LogP contribution in [0.25, 0.3) is 0 Å². The third-order valence-electron chi connectivity index (χ3n) is 2.43. The molecule has 1 atom stereocenters. The SMILES string of the molecule is CCC(CO)OCc1ccc(C(F)(F)F)cc1. The van der Waals surface area contributed by atoms with Crippen molar-refractivity contribution in [3.05, 3.63) is 35.4 Å². The van der Waals surface area contributed by atoms with Gasteiger partial charge >= 0.3 is 6.18 Å². The minimum Gasteiger partial charge on any atom is -0.394 e. The molecule has 2 nitrogen and oxygen atoms in total. The molecule has 0 aliphatic heterocycles. The Bertz CT molecular complexity index is 329. The van der Waals surface area contributed by atoms with Gasteiger partial charge in [0.15, 0.2) is 0 Å². The maximum Gasteiger partial charge on any atom is 0.416 e. The molecule has 5 heteroatoms. The molecule has 0 bridgehead atoms. The fourth-order valence-electron chi connectivity index (χ4n) is 1.30. The molecule has 1 rings (SSSR count). The van der Waals surface area contributed by atoms with Gasteiger partial charge in [-0.25, -0.2) is 0 Å². The molecule has 0 radical (unpaired) electrons. The Balaban J connectivity index is 2.57. The second kappa shape index (κ2) is 6.02. The first kappa shape index (κ1) is 14.0. The van der Waals surface area contributed by atoms with E-state index in [4.69, 9.17) is 9.84 Å². The second-order valence-electron chi connectivity index (χ2n) is 3.72. The Morgan fingerprint density at radius 3 is 2.24 bits per heavy atom. The Morgan fingerprint density at radius 2 is 1.82 bits per heavy atom. The topological polar surface area (TPSA) is 29.5 Å². The number of hydrogen-bond acceptors (Lipinski definition) is 2. The van der Waals surface area contributed by atoms with Crippen LogP contribution in [-0.2, 0) is 17.5 Å². The van der Waals surface area contributed by atoms with Crippen molar-refractivity contribution in [3.63, 3.8) is 0 Å². The summed E-state index contributed by atoms with van der Waals surface area (Å²) in [5.74, 6) is 0. The van der Waals surface area contributed by atoms with Gasteiger partial charge in [-0.3, -0.25) is 0 Å². The van der Waals surface area contributed by atoms with E-state index in [1.165, 1.54) is 12.1 Å². The first-order valence-corrected chi connectivity index (χ1v) is 5.36. The number of rotatable bonds is 5. The van der Waals surface area contributed by atoms with Gasteiger partial charge < -0.3 is 9.84 Å². The number of hydrogen-bond donors (Lipinski definition) is 1. The van der Waals surface area contributed by atoms with Crippen molar-refractivity contribution >= 4 is 0 Å². The molecule has 1 unspecified atom stereocenters. The molecule has 1 aromatic rings. The Labute approximate surface area is 98.0 Å². The van der Waals surface area contributed by atoms with Gasteiger partial charge in [-0.15, -0.1) is 0 Å². The first-order chi connectivity index (χ1) is 7.97. The predicted octanol–water partition coefficient (Wildman–Crippen LogP) is 2.99. The number of alkyl halides is 3. The highest BCUT2D eigenvalue weighted by Gasteiger charge is 2.29. The van der Waals surface area contributed by atoms with Gasteiger partial charge in [0, 0.05) is 0 Å². The normalized spacial score (nSPS) is 13.7. The summed E-state index contributed by atoms with van der Waals surface area (Å²) in [5, 5.41) is 8.88. The van der Waals surface area contributed by atoms with E-state index in [-0.39, 0.29) is 19.3 Å². The zero-order chi connectivity index (χ0) is 12.9. The van der Waals surface area contributed by atoms with E-state index in [2.05, 4.69) is 0 Å². The Hall–Kier alpha value is -1.07. The quantitative estimate of drug-likeness (QED) is 0.868. The summed E-state index contributed by atoms with van der Waals surface area (Å²) in [6, 6.07) is 4.82. The fraction of sp³-hybridized carbons (Fsp3) is 0.500. The van der Waals surface area contributed by atoms with Gasteiger partial charge in [0.05, 0.1) is 24.9 Å². The minimum atomic E-state index is -4.31. The van der Waals surface area contributed by atoms with Crippen LogP contribution in [0.15, 0.2) is 24.3 Å². The van der Waals surface area contributed by atoms with Crippen LogP contribution in [0.5, 0.6) is 0 Å². The molecule has 96 valence electrons.